The largest absolute Gasteiger partial charge is 0.493 e. The van der Waals surface area contributed by atoms with Crippen molar-refractivity contribution >= 4 is 62.5 Å². The van der Waals surface area contributed by atoms with Crippen LogP contribution in [0, 0.1) is 0 Å². The average molecular weight is 600 g/mol. The predicted molar refractivity (Wildman–Crippen MR) is 158 cm³/mol. The lowest BCUT2D eigenvalue weighted by molar-refractivity contribution is -0.120. The molecule has 0 radical (unpaired) electrons. The van der Waals surface area contributed by atoms with Crippen LogP contribution in [0.15, 0.2) is 107 Å². The van der Waals surface area contributed by atoms with E-state index < -0.39 is 11.8 Å². The van der Waals surface area contributed by atoms with Gasteiger partial charge in [-0.15, -0.1) is 0 Å². The van der Waals surface area contributed by atoms with Gasteiger partial charge in [-0.3, -0.25) is 24.4 Å². The topological polar surface area (TPSA) is 72.0 Å². The number of hydrogen-bond acceptors (Lipinski definition) is 6. The highest BCUT2D eigenvalue weighted by molar-refractivity contribution is 9.10. The number of ether oxygens (including phenoxy) is 2. The molecule has 0 saturated carbocycles. The molecule has 0 N–H and O–H groups in total. The Bertz CT molecular complexity index is 1500. The number of para-hydroxylation sites is 2. The van der Waals surface area contributed by atoms with E-state index >= 15 is 0 Å². The first-order valence-corrected chi connectivity index (χ1v) is 13.1. The number of benzene rings is 3. The van der Waals surface area contributed by atoms with E-state index in [-0.39, 0.29) is 10.7 Å². The molecule has 1 saturated heterocycles. The Morgan fingerprint density at radius 1 is 0.872 bits per heavy atom. The Balaban J connectivity index is 1.55. The molecule has 1 fully saturated rings. The van der Waals surface area contributed by atoms with E-state index in [2.05, 4.69) is 20.9 Å². The molecule has 0 unspecified atom stereocenters. The number of nitrogens with zero attached hydrogens (tertiary/aromatic N) is 3. The standard InChI is InChI=1S/C30H22BrN3O4S/c1-37-26-18-21(17-25(31)27(26)38-19-20-12-14-32-15-13-20)16-24-28(35)33(22-8-4-2-5-9-22)30(39)34(29(24)36)23-10-6-3-7-11-23/h2-18H,19H2,1H3. The van der Waals surface area contributed by atoms with Gasteiger partial charge in [0.05, 0.1) is 23.0 Å². The maximum atomic E-state index is 13.7. The Morgan fingerprint density at radius 2 is 1.44 bits per heavy atom. The first kappa shape index (κ1) is 26.3. The van der Waals surface area contributed by atoms with Crippen LogP contribution in [-0.4, -0.2) is 29.0 Å². The van der Waals surface area contributed by atoms with Gasteiger partial charge in [0.2, 0.25) is 0 Å². The number of aromatic nitrogens is 1. The lowest BCUT2D eigenvalue weighted by Crippen LogP contribution is -2.56. The normalized spacial score (nSPS) is 13.5. The SMILES string of the molecule is COc1cc(C=C2C(=O)N(c3ccccc3)C(=S)N(c3ccccc3)C2=O)cc(Br)c1OCc1ccncc1. The van der Waals surface area contributed by atoms with Crippen LogP contribution < -0.4 is 19.3 Å². The maximum Gasteiger partial charge on any atom is 0.270 e. The third-order valence-corrected chi connectivity index (χ3v) is 6.93. The quantitative estimate of drug-likeness (QED) is 0.143. The number of thiocarbonyl (C=S) groups is 1. The van der Waals surface area contributed by atoms with Crippen molar-refractivity contribution in [3.63, 3.8) is 0 Å². The second-order valence-corrected chi connectivity index (χ2v) is 9.69. The number of methoxy groups -OCH3 is 1. The van der Waals surface area contributed by atoms with Gasteiger partial charge in [-0.1, -0.05) is 36.4 Å². The predicted octanol–water partition coefficient (Wildman–Crippen LogP) is 6.18. The van der Waals surface area contributed by atoms with Crippen LogP contribution in [0.25, 0.3) is 6.08 Å². The number of pyridine rings is 1. The van der Waals surface area contributed by atoms with Crippen molar-refractivity contribution in [2.45, 2.75) is 6.61 Å². The first-order chi connectivity index (χ1) is 19.0. The number of carbonyl (C=O) groups excluding carboxylic acids is 2. The van der Waals surface area contributed by atoms with E-state index in [0.717, 1.165) is 5.56 Å². The zero-order valence-electron chi connectivity index (χ0n) is 20.8. The molecule has 0 aliphatic carbocycles. The lowest BCUT2D eigenvalue weighted by Gasteiger charge is -2.36. The minimum absolute atomic E-state index is 0.0456. The molecule has 1 aliphatic rings. The summed E-state index contributed by atoms with van der Waals surface area (Å²) in [5, 5.41) is 0.0816. The van der Waals surface area contributed by atoms with E-state index in [1.807, 2.05) is 48.5 Å². The molecule has 1 aliphatic heterocycles. The molecule has 0 atom stereocenters. The van der Waals surface area contributed by atoms with Crippen molar-refractivity contribution in [3.05, 3.63) is 118 Å². The van der Waals surface area contributed by atoms with E-state index in [1.54, 1.807) is 48.8 Å². The van der Waals surface area contributed by atoms with E-state index in [1.165, 1.54) is 23.0 Å². The fourth-order valence-electron chi connectivity index (χ4n) is 4.10. The van der Waals surface area contributed by atoms with Crippen LogP contribution in [0.2, 0.25) is 0 Å². The highest BCUT2D eigenvalue weighted by Crippen LogP contribution is 2.38. The number of carbonyl (C=O) groups is 2. The van der Waals surface area contributed by atoms with Gasteiger partial charge in [-0.25, -0.2) is 0 Å². The monoisotopic (exact) mass is 599 g/mol. The summed E-state index contributed by atoms with van der Waals surface area (Å²) in [6.45, 7) is 0.310. The average Bonchev–Trinajstić information content (AvgIpc) is 2.96. The van der Waals surface area contributed by atoms with Gasteiger partial charge < -0.3 is 9.47 Å². The Hall–Kier alpha value is -4.34. The molecule has 3 aromatic carbocycles. The van der Waals surface area contributed by atoms with Crippen molar-refractivity contribution in [2.24, 2.45) is 0 Å². The smallest absolute Gasteiger partial charge is 0.270 e. The Kier molecular flexibility index (Phi) is 7.81. The number of hydrogen-bond donors (Lipinski definition) is 0. The molecule has 4 aromatic rings. The molecular weight excluding hydrogens is 578 g/mol. The highest BCUT2D eigenvalue weighted by atomic mass is 79.9. The van der Waals surface area contributed by atoms with Crippen molar-refractivity contribution in [3.8, 4) is 11.5 Å². The van der Waals surface area contributed by atoms with Crippen LogP contribution in [0.3, 0.4) is 0 Å². The number of rotatable bonds is 7. The molecule has 9 heteroatoms. The van der Waals surface area contributed by atoms with Crippen molar-refractivity contribution in [1.82, 2.24) is 4.98 Å². The maximum absolute atomic E-state index is 13.7. The molecule has 2 amide bonds. The summed E-state index contributed by atoms with van der Waals surface area (Å²) in [6, 6.07) is 25.2. The van der Waals surface area contributed by atoms with Gasteiger partial charge in [-0.2, -0.15) is 0 Å². The second-order valence-electron chi connectivity index (χ2n) is 8.47. The van der Waals surface area contributed by atoms with Crippen LogP contribution in [-0.2, 0) is 16.2 Å². The van der Waals surface area contributed by atoms with Crippen LogP contribution >= 0.6 is 28.1 Å². The minimum Gasteiger partial charge on any atom is -0.493 e. The number of amides is 2. The third kappa shape index (κ3) is 5.45. The van der Waals surface area contributed by atoms with Gasteiger partial charge >= 0.3 is 0 Å². The Labute approximate surface area is 239 Å². The zero-order valence-corrected chi connectivity index (χ0v) is 23.2. The summed E-state index contributed by atoms with van der Waals surface area (Å²) >= 11 is 9.22. The molecule has 5 rings (SSSR count). The van der Waals surface area contributed by atoms with E-state index in [0.29, 0.717) is 39.5 Å². The first-order valence-electron chi connectivity index (χ1n) is 11.9. The summed E-state index contributed by atoms with van der Waals surface area (Å²) in [5.41, 5.74) is 2.59. The van der Waals surface area contributed by atoms with E-state index in [9.17, 15) is 9.59 Å². The van der Waals surface area contributed by atoms with Crippen molar-refractivity contribution in [1.29, 1.82) is 0 Å². The zero-order chi connectivity index (χ0) is 27.4. The third-order valence-electron chi connectivity index (χ3n) is 5.97. The molecule has 39 heavy (non-hydrogen) atoms. The molecule has 2 heterocycles. The minimum atomic E-state index is -0.517. The molecular formula is C30H22BrN3O4S. The summed E-state index contributed by atoms with van der Waals surface area (Å²) < 4.78 is 12.2. The highest BCUT2D eigenvalue weighted by Gasteiger charge is 2.41. The van der Waals surface area contributed by atoms with E-state index in [4.69, 9.17) is 21.7 Å². The van der Waals surface area contributed by atoms with Crippen molar-refractivity contribution in [2.75, 3.05) is 16.9 Å². The van der Waals surface area contributed by atoms with Gasteiger partial charge in [0.25, 0.3) is 11.8 Å². The van der Waals surface area contributed by atoms with Crippen molar-refractivity contribution < 1.29 is 19.1 Å². The molecule has 7 nitrogen and oxygen atoms in total. The fourth-order valence-corrected chi connectivity index (χ4v) is 5.05. The number of halogens is 1. The fraction of sp³-hybridized carbons (Fsp3) is 0.0667. The van der Waals surface area contributed by atoms with Crippen LogP contribution in [0.1, 0.15) is 11.1 Å². The van der Waals surface area contributed by atoms with Gasteiger partial charge in [0.1, 0.15) is 12.2 Å². The number of anilines is 2. The lowest BCUT2D eigenvalue weighted by atomic mass is 10.0. The van der Waals surface area contributed by atoms with Gasteiger partial charge in [0.15, 0.2) is 16.6 Å². The van der Waals surface area contributed by atoms with Gasteiger partial charge in [0, 0.05) is 12.4 Å². The molecule has 1 aromatic heterocycles. The molecule has 194 valence electrons. The Morgan fingerprint density at radius 3 is 1.97 bits per heavy atom. The summed E-state index contributed by atoms with van der Waals surface area (Å²) in [7, 11) is 1.53. The second kappa shape index (κ2) is 11.6. The summed E-state index contributed by atoms with van der Waals surface area (Å²) in [4.78, 5) is 34.2. The molecule has 0 spiro atoms. The molecule has 0 bridgehead atoms. The van der Waals surface area contributed by atoms with Crippen LogP contribution in [0.4, 0.5) is 11.4 Å². The summed E-state index contributed by atoms with van der Waals surface area (Å²) in [6.07, 6.45) is 4.93. The summed E-state index contributed by atoms with van der Waals surface area (Å²) in [5.74, 6) is -0.0972. The van der Waals surface area contributed by atoms with Gasteiger partial charge in [-0.05, 0) is 93.9 Å². The van der Waals surface area contributed by atoms with Crippen LogP contribution in [0.5, 0.6) is 11.5 Å².